The van der Waals surface area contributed by atoms with Gasteiger partial charge in [-0.2, -0.15) is 0 Å². The van der Waals surface area contributed by atoms with Crippen LogP contribution in [0.4, 0.5) is 0 Å². The number of rotatable bonds is 8. The summed E-state index contributed by atoms with van der Waals surface area (Å²) in [6.07, 6.45) is 2.44. The fourth-order valence-electron chi connectivity index (χ4n) is 1.80. The van der Waals surface area contributed by atoms with Crippen molar-refractivity contribution in [3.05, 3.63) is 23.8 Å². The van der Waals surface area contributed by atoms with Gasteiger partial charge in [-0.3, -0.25) is 4.79 Å². The predicted molar refractivity (Wildman–Crippen MR) is 79.8 cm³/mol. The Labute approximate surface area is 125 Å². The number of aliphatic carboxylic acids is 1. The molecular formula is C16H23NO4. The molecule has 116 valence electrons. The molecule has 0 aromatic heterocycles. The van der Waals surface area contributed by atoms with E-state index in [0.717, 1.165) is 12.1 Å². The maximum Gasteiger partial charge on any atom is 0.312 e. The van der Waals surface area contributed by atoms with E-state index in [1.54, 1.807) is 21.0 Å². The van der Waals surface area contributed by atoms with E-state index in [1.807, 2.05) is 18.2 Å². The van der Waals surface area contributed by atoms with Crippen LogP contribution >= 0.6 is 0 Å². The number of nitrogens with one attached hydrogen (secondary N) is 1. The number of hydrogen-bond acceptors (Lipinski definition) is 4. The highest BCUT2D eigenvalue weighted by Crippen LogP contribution is 2.28. The summed E-state index contributed by atoms with van der Waals surface area (Å²) in [7, 11) is 1.60. The molecule has 0 heterocycles. The molecule has 1 fully saturated rings. The van der Waals surface area contributed by atoms with Crippen LogP contribution in [0.1, 0.15) is 32.3 Å². The topological polar surface area (TPSA) is 67.8 Å². The summed E-state index contributed by atoms with van der Waals surface area (Å²) in [5.41, 5.74) is 0.0912. The van der Waals surface area contributed by atoms with Crippen LogP contribution in [0.15, 0.2) is 18.2 Å². The Kier molecular flexibility index (Phi) is 4.73. The summed E-state index contributed by atoms with van der Waals surface area (Å²) in [5.74, 6) is 0.508. The molecule has 0 unspecified atom stereocenters. The van der Waals surface area contributed by atoms with E-state index in [0.29, 0.717) is 17.5 Å². The molecule has 5 nitrogen and oxygen atoms in total. The molecule has 1 aliphatic rings. The molecule has 0 aliphatic heterocycles. The number of benzene rings is 1. The van der Waals surface area contributed by atoms with Gasteiger partial charge < -0.3 is 19.9 Å². The number of carboxylic acid groups (broad SMARTS) is 1. The number of carboxylic acids is 1. The second-order valence-corrected chi connectivity index (χ2v) is 6.11. The highest BCUT2D eigenvalue weighted by molar-refractivity contribution is 5.73. The zero-order chi connectivity index (χ0) is 15.5. The summed E-state index contributed by atoms with van der Waals surface area (Å²) in [4.78, 5) is 11.2. The van der Waals surface area contributed by atoms with Crippen molar-refractivity contribution in [3.8, 4) is 11.5 Å². The Hall–Kier alpha value is -1.75. The SMILES string of the molecule is COc1ccc(CNC2CC2)c(OCC(C)(C)C(=O)O)c1. The minimum atomic E-state index is -0.926. The van der Waals surface area contributed by atoms with Crippen molar-refractivity contribution in [3.63, 3.8) is 0 Å². The third-order valence-corrected chi connectivity index (χ3v) is 3.60. The third-order valence-electron chi connectivity index (χ3n) is 3.60. The fraction of sp³-hybridized carbons (Fsp3) is 0.562. The first-order valence-corrected chi connectivity index (χ1v) is 7.19. The Morgan fingerprint density at radius 2 is 2.14 bits per heavy atom. The van der Waals surface area contributed by atoms with Crippen LogP contribution in [-0.2, 0) is 11.3 Å². The number of hydrogen-bond donors (Lipinski definition) is 2. The van der Waals surface area contributed by atoms with Gasteiger partial charge in [0.15, 0.2) is 0 Å². The quantitative estimate of drug-likeness (QED) is 0.770. The predicted octanol–water partition coefficient (Wildman–Crippen LogP) is 2.44. The average molecular weight is 293 g/mol. The lowest BCUT2D eigenvalue weighted by Crippen LogP contribution is -2.31. The smallest absolute Gasteiger partial charge is 0.312 e. The zero-order valence-electron chi connectivity index (χ0n) is 12.8. The lowest BCUT2D eigenvalue weighted by molar-refractivity contribution is -0.148. The molecule has 1 saturated carbocycles. The molecule has 0 spiro atoms. The molecule has 0 bridgehead atoms. The molecule has 0 atom stereocenters. The van der Waals surface area contributed by atoms with E-state index in [9.17, 15) is 4.79 Å². The van der Waals surface area contributed by atoms with Crippen molar-refractivity contribution in [2.24, 2.45) is 5.41 Å². The van der Waals surface area contributed by atoms with E-state index in [-0.39, 0.29) is 6.61 Å². The standard InChI is InChI=1S/C16H23NO4/c1-16(2,15(18)19)10-21-14-8-13(20-3)7-4-11(14)9-17-12-5-6-12/h4,7-8,12,17H,5-6,9-10H2,1-3H3,(H,18,19). The van der Waals surface area contributed by atoms with Gasteiger partial charge in [0.1, 0.15) is 18.1 Å². The normalized spacial score (nSPS) is 14.8. The van der Waals surface area contributed by atoms with Gasteiger partial charge in [0.05, 0.1) is 12.5 Å². The molecule has 5 heteroatoms. The molecule has 1 aromatic rings. The maximum atomic E-state index is 11.2. The Balaban J connectivity index is 2.07. The van der Waals surface area contributed by atoms with Gasteiger partial charge in [0, 0.05) is 24.2 Å². The fourth-order valence-corrected chi connectivity index (χ4v) is 1.80. The molecule has 1 aliphatic carbocycles. The van der Waals surface area contributed by atoms with Crippen LogP contribution in [0.3, 0.4) is 0 Å². The Morgan fingerprint density at radius 1 is 1.43 bits per heavy atom. The Morgan fingerprint density at radius 3 is 2.71 bits per heavy atom. The van der Waals surface area contributed by atoms with Gasteiger partial charge in [-0.1, -0.05) is 6.07 Å². The molecule has 0 radical (unpaired) electrons. The van der Waals surface area contributed by atoms with E-state index in [2.05, 4.69) is 5.32 Å². The highest BCUT2D eigenvalue weighted by atomic mass is 16.5. The minimum Gasteiger partial charge on any atom is -0.497 e. The summed E-state index contributed by atoms with van der Waals surface area (Å²) >= 11 is 0. The van der Waals surface area contributed by atoms with E-state index in [4.69, 9.17) is 14.6 Å². The van der Waals surface area contributed by atoms with Crippen LogP contribution in [0.25, 0.3) is 0 Å². The van der Waals surface area contributed by atoms with Crippen molar-refractivity contribution >= 4 is 5.97 Å². The van der Waals surface area contributed by atoms with Crippen molar-refractivity contribution < 1.29 is 19.4 Å². The molecule has 2 N–H and O–H groups in total. The van der Waals surface area contributed by atoms with Gasteiger partial charge in [-0.25, -0.2) is 0 Å². The second-order valence-electron chi connectivity index (χ2n) is 6.11. The molecule has 0 amide bonds. The van der Waals surface area contributed by atoms with E-state index in [1.165, 1.54) is 12.8 Å². The minimum absolute atomic E-state index is 0.117. The number of methoxy groups -OCH3 is 1. The summed E-state index contributed by atoms with van der Waals surface area (Å²) in [5, 5.41) is 12.6. The van der Waals surface area contributed by atoms with Crippen LogP contribution in [-0.4, -0.2) is 30.8 Å². The molecule has 0 saturated heterocycles. The number of carbonyl (C=O) groups is 1. The molecule has 21 heavy (non-hydrogen) atoms. The number of ether oxygens (including phenoxy) is 2. The van der Waals surface area contributed by atoms with Gasteiger partial charge in [0.2, 0.25) is 0 Å². The van der Waals surface area contributed by atoms with Gasteiger partial charge in [-0.15, -0.1) is 0 Å². The highest BCUT2D eigenvalue weighted by Gasteiger charge is 2.28. The van der Waals surface area contributed by atoms with E-state index < -0.39 is 11.4 Å². The van der Waals surface area contributed by atoms with Crippen LogP contribution in [0.2, 0.25) is 0 Å². The first-order valence-electron chi connectivity index (χ1n) is 7.19. The lowest BCUT2D eigenvalue weighted by atomic mass is 9.95. The van der Waals surface area contributed by atoms with Crippen molar-refractivity contribution in [1.29, 1.82) is 0 Å². The first kappa shape index (κ1) is 15.6. The lowest BCUT2D eigenvalue weighted by Gasteiger charge is -2.21. The van der Waals surface area contributed by atoms with Crippen molar-refractivity contribution in [2.45, 2.75) is 39.3 Å². The molecular weight excluding hydrogens is 270 g/mol. The van der Waals surface area contributed by atoms with Gasteiger partial charge in [-0.05, 0) is 32.8 Å². The second kappa shape index (κ2) is 6.35. The van der Waals surface area contributed by atoms with Crippen molar-refractivity contribution in [1.82, 2.24) is 5.32 Å². The summed E-state index contributed by atoms with van der Waals surface area (Å²) < 4.78 is 11.0. The zero-order valence-corrected chi connectivity index (χ0v) is 12.8. The van der Waals surface area contributed by atoms with Crippen LogP contribution in [0.5, 0.6) is 11.5 Å². The van der Waals surface area contributed by atoms with Crippen LogP contribution in [0, 0.1) is 5.41 Å². The largest absolute Gasteiger partial charge is 0.497 e. The summed E-state index contributed by atoms with van der Waals surface area (Å²) in [6.45, 7) is 4.14. The van der Waals surface area contributed by atoms with Crippen LogP contribution < -0.4 is 14.8 Å². The molecule has 1 aromatic carbocycles. The molecule has 2 rings (SSSR count). The third kappa shape index (κ3) is 4.36. The first-order chi connectivity index (χ1) is 9.92. The van der Waals surface area contributed by atoms with Crippen molar-refractivity contribution in [2.75, 3.05) is 13.7 Å². The maximum absolute atomic E-state index is 11.2. The summed E-state index contributed by atoms with van der Waals surface area (Å²) in [6, 6.07) is 6.26. The monoisotopic (exact) mass is 293 g/mol. The Bertz CT molecular complexity index is 509. The van der Waals surface area contributed by atoms with Gasteiger partial charge >= 0.3 is 5.97 Å². The average Bonchev–Trinajstić information content (AvgIpc) is 3.27. The van der Waals surface area contributed by atoms with E-state index >= 15 is 0 Å². The van der Waals surface area contributed by atoms with Gasteiger partial charge in [0.25, 0.3) is 0 Å².